The summed E-state index contributed by atoms with van der Waals surface area (Å²) in [6.07, 6.45) is 1.21. The molecule has 1 saturated heterocycles. The molecule has 0 saturated carbocycles. The van der Waals surface area contributed by atoms with Crippen LogP contribution in [0.4, 0.5) is 11.4 Å². The second-order valence-corrected chi connectivity index (χ2v) is 7.40. The molecule has 9 heteroatoms. The highest BCUT2D eigenvalue weighted by molar-refractivity contribution is 9.08. The minimum Gasteiger partial charge on any atom is -0.369 e. The van der Waals surface area contributed by atoms with Crippen LogP contribution in [0.25, 0.3) is 0 Å². The quantitative estimate of drug-likeness (QED) is 0.451. The number of piperazine rings is 1. The number of nitrogens with zero attached hydrogens (tertiary/aromatic N) is 3. The van der Waals surface area contributed by atoms with Gasteiger partial charge in [-0.15, -0.1) is 0 Å². The van der Waals surface area contributed by atoms with Crippen LogP contribution in [0.2, 0.25) is 0 Å². The van der Waals surface area contributed by atoms with Crippen LogP contribution in [0.1, 0.15) is 5.56 Å². The van der Waals surface area contributed by atoms with Crippen molar-refractivity contribution in [1.29, 1.82) is 0 Å². The maximum atomic E-state index is 11.5. The third-order valence-corrected chi connectivity index (χ3v) is 5.38. The van der Waals surface area contributed by atoms with Gasteiger partial charge in [0.1, 0.15) is 0 Å². The summed E-state index contributed by atoms with van der Waals surface area (Å²) in [7, 11) is -3.15. The number of sulfonamides is 1. The largest absolute Gasteiger partial charge is 0.369 e. The standard InChI is InChI=1S/C12H16BrN3O4S/c1-21(19,20)15-6-4-14(5-7-15)11-2-3-12(16(17)18)10(8-11)9-13/h2-3,8H,4-7,9H2,1H3. The Morgan fingerprint density at radius 1 is 1.29 bits per heavy atom. The van der Waals surface area contributed by atoms with Gasteiger partial charge in [0, 0.05) is 48.8 Å². The molecule has 21 heavy (non-hydrogen) atoms. The van der Waals surface area contributed by atoms with Crippen molar-refractivity contribution in [3.63, 3.8) is 0 Å². The predicted molar refractivity (Wildman–Crippen MR) is 84.4 cm³/mol. The zero-order chi connectivity index (χ0) is 15.6. The van der Waals surface area contributed by atoms with Gasteiger partial charge in [-0.05, 0) is 12.1 Å². The minimum atomic E-state index is -3.15. The van der Waals surface area contributed by atoms with Crippen LogP contribution in [0.5, 0.6) is 0 Å². The van der Waals surface area contributed by atoms with E-state index in [1.54, 1.807) is 12.1 Å². The smallest absolute Gasteiger partial charge is 0.273 e. The fraction of sp³-hybridized carbons (Fsp3) is 0.500. The summed E-state index contributed by atoms with van der Waals surface area (Å²) in [5.74, 6) is 0. The number of alkyl halides is 1. The first-order chi connectivity index (χ1) is 9.82. The number of benzene rings is 1. The summed E-state index contributed by atoms with van der Waals surface area (Å²) in [6, 6.07) is 4.98. The molecule has 0 atom stereocenters. The molecule has 1 aromatic rings. The van der Waals surface area contributed by atoms with Crippen LogP contribution >= 0.6 is 15.9 Å². The molecule has 2 rings (SSSR count). The fourth-order valence-corrected chi connectivity index (χ4v) is 3.61. The molecular weight excluding hydrogens is 362 g/mol. The number of rotatable bonds is 4. The Morgan fingerprint density at radius 2 is 1.90 bits per heavy atom. The number of hydrogen-bond donors (Lipinski definition) is 0. The van der Waals surface area contributed by atoms with Crippen LogP contribution in [-0.2, 0) is 15.4 Å². The van der Waals surface area contributed by atoms with E-state index in [0.29, 0.717) is 37.1 Å². The Labute approximate surface area is 131 Å². The summed E-state index contributed by atoms with van der Waals surface area (Å²) in [5, 5.41) is 11.3. The van der Waals surface area contributed by atoms with Crippen LogP contribution in [0, 0.1) is 10.1 Å². The fourth-order valence-electron chi connectivity index (χ4n) is 2.33. The van der Waals surface area contributed by atoms with E-state index >= 15 is 0 Å². The van der Waals surface area contributed by atoms with Crippen molar-refractivity contribution in [1.82, 2.24) is 4.31 Å². The number of nitro benzene ring substituents is 1. The van der Waals surface area contributed by atoms with E-state index in [4.69, 9.17) is 0 Å². The first-order valence-electron chi connectivity index (χ1n) is 6.36. The SMILES string of the molecule is CS(=O)(=O)N1CCN(c2ccc([N+](=O)[O-])c(CBr)c2)CC1. The van der Waals surface area contributed by atoms with Gasteiger partial charge in [0.15, 0.2) is 0 Å². The molecule has 0 bridgehead atoms. The first kappa shape index (κ1) is 16.2. The molecule has 0 aromatic heterocycles. The maximum Gasteiger partial charge on any atom is 0.273 e. The topological polar surface area (TPSA) is 83.8 Å². The van der Waals surface area contributed by atoms with E-state index in [1.807, 2.05) is 4.90 Å². The molecule has 0 radical (unpaired) electrons. The van der Waals surface area contributed by atoms with Crippen molar-refractivity contribution >= 4 is 37.3 Å². The van der Waals surface area contributed by atoms with Gasteiger partial charge in [-0.3, -0.25) is 10.1 Å². The zero-order valence-electron chi connectivity index (χ0n) is 11.5. The molecule has 1 fully saturated rings. The molecule has 0 N–H and O–H groups in total. The van der Waals surface area contributed by atoms with Crippen LogP contribution in [-0.4, -0.2) is 50.1 Å². The Kier molecular flexibility index (Phi) is 4.84. The van der Waals surface area contributed by atoms with Crippen LogP contribution in [0.3, 0.4) is 0 Å². The zero-order valence-corrected chi connectivity index (χ0v) is 13.9. The Bertz CT molecular complexity index is 642. The number of nitro groups is 1. The maximum absolute atomic E-state index is 11.5. The van der Waals surface area contributed by atoms with E-state index in [2.05, 4.69) is 15.9 Å². The summed E-state index contributed by atoms with van der Waals surface area (Å²) in [5.41, 5.74) is 1.58. The van der Waals surface area contributed by atoms with Crippen molar-refractivity contribution < 1.29 is 13.3 Å². The van der Waals surface area contributed by atoms with Crippen molar-refractivity contribution in [3.05, 3.63) is 33.9 Å². The molecule has 1 aliphatic rings. The van der Waals surface area contributed by atoms with Crippen LogP contribution < -0.4 is 4.90 Å². The minimum absolute atomic E-state index is 0.0883. The molecule has 0 aliphatic carbocycles. The van der Waals surface area contributed by atoms with Gasteiger partial charge in [0.25, 0.3) is 5.69 Å². The first-order valence-corrected chi connectivity index (χ1v) is 9.33. The number of hydrogen-bond acceptors (Lipinski definition) is 5. The van der Waals surface area contributed by atoms with Gasteiger partial charge in [0.2, 0.25) is 10.0 Å². The molecular formula is C12H16BrN3O4S. The predicted octanol–water partition coefficient (Wildman–Crippen LogP) is 1.57. The van der Waals surface area contributed by atoms with E-state index in [9.17, 15) is 18.5 Å². The van der Waals surface area contributed by atoms with Gasteiger partial charge in [0.05, 0.1) is 11.2 Å². The molecule has 0 unspecified atom stereocenters. The third kappa shape index (κ3) is 3.72. The van der Waals surface area contributed by atoms with Gasteiger partial charge < -0.3 is 4.90 Å². The van der Waals surface area contributed by atoms with Crippen molar-refractivity contribution in [2.75, 3.05) is 37.3 Å². The van der Waals surface area contributed by atoms with Gasteiger partial charge in [-0.25, -0.2) is 8.42 Å². The van der Waals surface area contributed by atoms with E-state index in [-0.39, 0.29) is 5.69 Å². The lowest BCUT2D eigenvalue weighted by molar-refractivity contribution is -0.385. The highest BCUT2D eigenvalue weighted by Gasteiger charge is 2.24. The highest BCUT2D eigenvalue weighted by atomic mass is 79.9. The number of halogens is 1. The van der Waals surface area contributed by atoms with E-state index in [0.717, 1.165) is 5.69 Å². The second-order valence-electron chi connectivity index (χ2n) is 4.85. The lowest BCUT2D eigenvalue weighted by Crippen LogP contribution is -2.48. The highest BCUT2D eigenvalue weighted by Crippen LogP contribution is 2.27. The summed E-state index contributed by atoms with van der Waals surface area (Å²) >= 11 is 3.26. The normalized spacial score (nSPS) is 17.0. The van der Waals surface area contributed by atoms with Crippen LogP contribution in [0.15, 0.2) is 18.2 Å². The molecule has 1 aliphatic heterocycles. The Morgan fingerprint density at radius 3 is 2.38 bits per heavy atom. The summed E-state index contributed by atoms with van der Waals surface area (Å²) < 4.78 is 24.4. The molecule has 0 amide bonds. The average Bonchev–Trinajstić information content (AvgIpc) is 2.45. The van der Waals surface area contributed by atoms with Gasteiger partial charge in [-0.2, -0.15) is 4.31 Å². The lowest BCUT2D eigenvalue weighted by Gasteiger charge is -2.34. The molecule has 1 aromatic carbocycles. The van der Waals surface area contributed by atoms with Gasteiger partial charge >= 0.3 is 0 Å². The van der Waals surface area contributed by atoms with E-state index in [1.165, 1.54) is 16.6 Å². The van der Waals surface area contributed by atoms with Crippen molar-refractivity contribution in [2.45, 2.75) is 5.33 Å². The van der Waals surface area contributed by atoms with Crippen molar-refractivity contribution in [3.8, 4) is 0 Å². The van der Waals surface area contributed by atoms with Gasteiger partial charge in [-0.1, -0.05) is 15.9 Å². The van der Waals surface area contributed by atoms with Crippen molar-refractivity contribution in [2.24, 2.45) is 0 Å². The number of anilines is 1. The average molecular weight is 378 g/mol. The monoisotopic (exact) mass is 377 g/mol. The summed E-state index contributed by atoms with van der Waals surface area (Å²) in [4.78, 5) is 12.6. The third-order valence-electron chi connectivity index (χ3n) is 3.48. The second kappa shape index (κ2) is 6.29. The Hall–Kier alpha value is -1.19. The van der Waals surface area contributed by atoms with E-state index < -0.39 is 14.9 Å². The molecule has 116 valence electrons. The Balaban J connectivity index is 2.16. The lowest BCUT2D eigenvalue weighted by atomic mass is 10.1. The molecule has 1 heterocycles. The summed E-state index contributed by atoms with van der Waals surface area (Å²) in [6.45, 7) is 2.01. The molecule has 7 nitrogen and oxygen atoms in total. The molecule has 0 spiro atoms.